The van der Waals surface area contributed by atoms with Crippen molar-refractivity contribution in [3.8, 4) is 0 Å². The normalized spacial score (nSPS) is 25.4. The fraction of sp³-hybridized carbons (Fsp3) is 1.00. The molecule has 0 amide bonds. The first kappa shape index (κ1) is 23.4. The van der Waals surface area contributed by atoms with Crippen molar-refractivity contribution in [3.63, 3.8) is 0 Å². The zero-order valence-electron chi connectivity index (χ0n) is 18.7. The molecule has 0 aromatic carbocycles. The van der Waals surface area contributed by atoms with Gasteiger partial charge in [0.15, 0.2) is 16.6 Å². The minimum atomic E-state index is -1.80. The molecule has 0 unspecified atom stereocenters. The average molecular weight is 389 g/mol. The molecule has 150 valence electrons. The zero-order valence-corrected chi connectivity index (χ0v) is 20.7. The molecule has 2 atom stereocenters. The highest BCUT2D eigenvalue weighted by atomic mass is 28.4. The largest absolute Gasteiger partial charge is 0.416 e. The van der Waals surface area contributed by atoms with Crippen LogP contribution in [0.3, 0.4) is 0 Å². The molecule has 1 fully saturated rings. The van der Waals surface area contributed by atoms with Gasteiger partial charge in [0.1, 0.15) is 0 Å². The van der Waals surface area contributed by atoms with Crippen LogP contribution in [-0.4, -0.2) is 41.1 Å². The van der Waals surface area contributed by atoms with Crippen LogP contribution in [0.25, 0.3) is 0 Å². The number of hydrogen-bond donors (Lipinski definition) is 1. The van der Waals surface area contributed by atoms with E-state index in [2.05, 4.69) is 74.7 Å². The predicted molar refractivity (Wildman–Crippen MR) is 113 cm³/mol. The van der Waals surface area contributed by atoms with E-state index in [9.17, 15) is 5.11 Å². The number of hydrogen-bond acceptors (Lipinski definition) is 3. The lowest BCUT2D eigenvalue weighted by Gasteiger charge is -2.42. The molecule has 1 saturated carbocycles. The van der Waals surface area contributed by atoms with Crippen LogP contribution in [0.1, 0.15) is 61.3 Å². The van der Waals surface area contributed by atoms with E-state index in [1.54, 1.807) is 0 Å². The number of aliphatic hydroxyl groups excluding tert-OH is 1. The van der Waals surface area contributed by atoms with Crippen molar-refractivity contribution in [2.75, 3.05) is 13.2 Å². The molecule has 0 radical (unpaired) electrons. The maximum atomic E-state index is 10.4. The third kappa shape index (κ3) is 5.64. The van der Waals surface area contributed by atoms with Crippen LogP contribution in [0.5, 0.6) is 0 Å². The van der Waals surface area contributed by atoms with Gasteiger partial charge in [-0.15, -0.1) is 0 Å². The second-order valence-electron chi connectivity index (χ2n) is 11.6. The standard InChI is InChI=1S/C20H44O3Si2/c1-16-12-20(13-17(16)21,14-22-24(8,9)18(2,3)4)15-23-25(10,11)19(5,6)7/h16-17,21H,12-15H2,1-11H3/t16-,17-/m1/s1. The van der Waals surface area contributed by atoms with Crippen molar-refractivity contribution in [2.24, 2.45) is 11.3 Å². The fourth-order valence-electron chi connectivity index (χ4n) is 2.92. The van der Waals surface area contributed by atoms with Crippen molar-refractivity contribution in [1.29, 1.82) is 0 Å². The molecule has 0 bridgehead atoms. The molecular weight excluding hydrogens is 344 g/mol. The van der Waals surface area contributed by atoms with Crippen molar-refractivity contribution >= 4 is 16.6 Å². The summed E-state index contributed by atoms with van der Waals surface area (Å²) in [5.74, 6) is 0.325. The first-order chi connectivity index (χ1) is 10.9. The molecule has 0 spiro atoms. The monoisotopic (exact) mass is 388 g/mol. The maximum Gasteiger partial charge on any atom is 0.192 e. The fourth-order valence-corrected chi connectivity index (χ4v) is 5.12. The molecule has 0 aliphatic heterocycles. The Morgan fingerprint density at radius 2 is 1.20 bits per heavy atom. The highest BCUT2D eigenvalue weighted by molar-refractivity contribution is 6.74. The highest BCUT2D eigenvalue weighted by Gasteiger charge is 2.48. The summed E-state index contributed by atoms with van der Waals surface area (Å²) in [6.45, 7) is 26.5. The van der Waals surface area contributed by atoms with Gasteiger partial charge in [-0.05, 0) is 55.0 Å². The van der Waals surface area contributed by atoms with Crippen LogP contribution in [0.2, 0.25) is 36.3 Å². The summed E-state index contributed by atoms with van der Waals surface area (Å²) in [4.78, 5) is 0. The van der Waals surface area contributed by atoms with Crippen LogP contribution in [0, 0.1) is 11.3 Å². The summed E-state index contributed by atoms with van der Waals surface area (Å²) in [5, 5.41) is 10.8. The van der Waals surface area contributed by atoms with Crippen LogP contribution >= 0.6 is 0 Å². The minimum absolute atomic E-state index is 0.0378. The van der Waals surface area contributed by atoms with E-state index in [1.807, 2.05) is 0 Å². The van der Waals surface area contributed by atoms with E-state index >= 15 is 0 Å². The Labute approximate surface area is 159 Å². The van der Waals surface area contributed by atoms with Crippen molar-refractivity contribution in [3.05, 3.63) is 0 Å². The number of aliphatic hydroxyl groups is 1. The molecular formula is C20H44O3Si2. The topological polar surface area (TPSA) is 38.7 Å². The quantitative estimate of drug-likeness (QED) is 0.584. The lowest BCUT2D eigenvalue weighted by molar-refractivity contribution is 0.0554. The summed E-state index contributed by atoms with van der Waals surface area (Å²) >= 11 is 0. The van der Waals surface area contributed by atoms with Gasteiger partial charge in [-0.1, -0.05) is 48.5 Å². The third-order valence-corrected chi connectivity index (χ3v) is 16.1. The van der Waals surface area contributed by atoms with E-state index in [0.29, 0.717) is 5.92 Å². The van der Waals surface area contributed by atoms with Crippen molar-refractivity contribution < 1.29 is 14.0 Å². The predicted octanol–water partition coefficient (Wildman–Crippen LogP) is 5.81. The van der Waals surface area contributed by atoms with Gasteiger partial charge in [0.05, 0.1) is 6.10 Å². The first-order valence-electron chi connectivity index (χ1n) is 9.89. The van der Waals surface area contributed by atoms with Crippen LogP contribution in [0.15, 0.2) is 0 Å². The van der Waals surface area contributed by atoms with Gasteiger partial charge in [-0.2, -0.15) is 0 Å². The molecule has 3 nitrogen and oxygen atoms in total. The average Bonchev–Trinajstić information content (AvgIpc) is 2.68. The van der Waals surface area contributed by atoms with Gasteiger partial charge < -0.3 is 14.0 Å². The van der Waals surface area contributed by atoms with Gasteiger partial charge >= 0.3 is 0 Å². The Morgan fingerprint density at radius 1 is 0.840 bits per heavy atom. The SMILES string of the molecule is C[C@@H]1CC(CO[Si](C)(C)C(C)(C)C)(CO[Si](C)(C)C(C)(C)C)C[C@H]1O. The van der Waals surface area contributed by atoms with E-state index in [0.717, 1.165) is 26.1 Å². The van der Waals surface area contributed by atoms with Gasteiger partial charge in [-0.25, -0.2) is 0 Å². The van der Waals surface area contributed by atoms with E-state index < -0.39 is 16.6 Å². The Morgan fingerprint density at radius 3 is 1.44 bits per heavy atom. The van der Waals surface area contributed by atoms with Crippen LogP contribution < -0.4 is 0 Å². The summed E-state index contributed by atoms with van der Waals surface area (Å²) in [7, 11) is -3.60. The smallest absolute Gasteiger partial charge is 0.192 e. The molecule has 0 saturated heterocycles. The molecule has 1 N–H and O–H groups in total. The van der Waals surface area contributed by atoms with Crippen LogP contribution in [0.4, 0.5) is 0 Å². The highest BCUT2D eigenvalue weighted by Crippen LogP contribution is 2.46. The van der Waals surface area contributed by atoms with E-state index in [4.69, 9.17) is 8.85 Å². The lowest BCUT2D eigenvalue weighted by atomic mass is 9.87. The lowest BCUT2D eigenvalue weighted by Crippen LogP contribution is -2.47. The molecule has 1 aliphatic rings. The Hall–Kier alpha value is 0.314. The third-order valence-electron chi connectivity index (χ3n) is 7.14. The molecule has 0 aromatic heterocycles. The summed E-state index contributed by atoms with van der Waals surface area (Å²) in [5.41, 5.74) is -0.0378. The number of rotatable bonds is 6. The van der Waals surface area contributed by atoms with Gasteiger partial charge in [-0.3, -0.25) is 0 Å². The molecule has 5 heteroatoms. The Bertz CT molecular complexity index is 405. The van der Waals surface area contributed by atoms with Gasteiger partial charge in [0.2, 0.25) is 0 Å². The summed E-state index contributed by atoms with van der Waals surface area (Å²) in [6.07, 6.45) is 1.57. The summed E-state index contributed by atoms with van der Waals surface area (Å²) in [6, 6.07) is 0. The zero-order chi connectivity index (χ0) is 19.9. The van der Waals surface area contributed by atoms with Crippen molar-refractivity contribution in [1.82, 2.24) is 0 Å². The Kier molecular flexibility index (Phi) is 6.89. The molecule has 0 heterocycles. The van der Waals surface area contributed by atoms with Gasteiger partial charge in [0, 0.05) is 18.6 Å². The minimum Gasteiger partial charge on any atom is -0.416 e. The molecule has 1 aliphatic carbocycles. The van der Waals surface area contributed by atoms with Crippen LogP contribution in [-0.2, 0) is 8.85 Å². The van der Waals surface area contributed by atoms with Crippen molar-refractivity contribution in [2.45, 2.75) is 104 Å². The molecule has 0 aromatic rings. The second-order valence-corrected chi connectivity index (χ2v) is 21.2. The molecule has 1 rings (SSSR count). The van der Waals surface area contributed by atoms with E-state index in [-0.39, 0.29) is 21.6 Å². The maximum absolute atomic E-state index is 10.4. The van der Waals surface area contributed by atoms with E-state index in [1.165, 1.54) is 0 Å². The summed E-state index contributed by atoms with van der Waals surface area (Å²) < 4.78 is 13.2. The molecule has 25 heavy (non-hydrogen) atoms. The first-order valence-corrected chi connectivity index (χ1v) is 15.7. The second kappa shape index (κ2) is 7.38. The van der Waals surface area contributed by atoms with Gasteiger partial charge in [0.25, 0.3) is 0 Å². The Balaban J connectivity index is 2.91.